The Labute approximate surface area is 97.2 Å². The van der Waals surface area contributed by atoms with Crippen LogP contribution in [-0.2, 0) is 0 Å². The third-order valence-electron chi connectivity index (χ3n) is 3.08. The second-order valence-electron chi connectivity index (χ2n) is 4.11. The molecule has 2 aromatic rings. The van der Waals surface area contributed by atoms with Crippen LogP contribution in [0.5, 0.6) is 0 Å². The summed E-state index contributed by atoms with van der Waals surface area (Å²) in [5.41, 5.74) is 1.69. The van der Waals surface area contributed by atoms with E-state index in [2.05, 4.69) is 10.3 Å². The lowest BCUT2D eigenvalue weighted by molar-refractivity contribution is 0.546. The Balaban J connectivity index is 2.23. The first-order chi connectivity index (χ1) is 7.75. The molecule has 1 aliphatic heterocycles. The van der Waals surface area contributed by atoms with Gasteiger partial charge in [-0.2, -0.15) is 0 Å². The zero-order valence-corrected chi connectivity index (χ0v) is 9.42. The molecule has 0 amide bonds. The summed E-state index contributed by atoms with van der Waals surface area (Å²) in [6, 6.07) is 5.75. The summed E-state index contributed by atoms with van der Waals surface area (Å²) in [5, 5.41) is 3.91. The van der Waals surface area contributed by atoms with Crippen LogP contribution < -0.4 is 11.0 Å². The van der Waals surface area contributed by atoms with Gasteiger partial charge in [0.05, 0.1) is 17.1 Å². The zero-order chi connectivity index (χ0) is 11.1. The summed E-state index contributed by atoms with van der Waals surface area (Å²) in [4.78, 5) is 14.7. The second-order valence-corrected chi connectivity index (χ2v) is 4.54. The van der Waals surface area contributed by atoms with Crippen LogP contribution in [0.2, 0.25) is 5.02 Å². The topological polar surface area (TPSA) is 49.8 Å². The number of rotatable bonds is 1. The molecule has 0 spiro atoms. The van der Waals surface area contributed by atoms with E-state index in [-0.39, 0.29) is 11.7 Å². The van der Waals surface area contributed by atoms with Gasteiger partial charge < -0.3 is 10.3 Å². The highest BCUT2D eigenvalue weighted by Crippen LogP contribution is 2.21. The number of fused-ring (bicyclic) bond motifs is 1. The third-order valence-corrected chi connectivity index (χ3v) is 3.31. The van der Waals surface area contributed by atoms with Crippen LogP contribution in [0.15, 0.2) is 23.0 Å². The van der Waals surface area contributed by atoms with Crippen LogP contribution in [0, 0.1) is 0 Å². The largest absolute Gasteiger partial charge is 0.326 e. The number of nitrogens with one attached hydrogen (secondary N) is 2. The first-order valence-corrected chi connectivity index (χ1v) is 5.74. The highest BCUT2D eigenvalue weighted by molar-refractivity contribution is 6.31. The van der Waals surface area contributed by atoms with Crippen molar-refractivity contribution >= 4 is 22.6 Å². The van der Waals surface area contributed by atoms with Crippen molar-refractivity contribution in [3.8, 4) is 0 Å². The molecule has 84 valence electrons. The molecular weight excluding hydrogens is 226 g/mol. The Hall–Kier alpha value is -1.26. The second kappa shape index (κ2) is 3.64. The average molecular weight is 238 g/mol. The van der Waals surface area contributed by atoms with E-state index in [9.17, 15) is 4.79 Å². The van der Waals surface area contributed by atoms with Gasteiger partial charge in [-0.05, 0) is 31.2 Å². The minimum atomic E-state index is -0.0500. The molecule has 0 aliphatic carbocycles. The van der Waals surface area contributed by atoms with E-state index in [1.807, 2.05) is 16.7 Å². The first-order valence-electron chi connectivity index (χ1n) is 5.36. The van der Waals surface area contributed by atoms with E-state index in [0.29, 0.717) is 5.02 Å². The number of hydrogen-bond donors (Lipinski definition) is 2. The molecule has 4 nitrogen and oxygen atoms in total. The molecule has 5 heteroatoms. The molecule has 1 saturated heterocycles. The number of halogens is 1. The van der Waals surface area contributed by atoms with Crippen molar-refractivity contribution in [1.29, 1.82) is 0 Å². The maximum absolute atomic E-state index is 11.9. The van der Waals surface area contributed by atoms with Crippen LogP contribution in [0.3, 0.4) is 0 Å². The lowest BCUT2D eigenvalue weighted by Crippen LogP contribution is -2.23. The molecule has 16 heavy (non-hydrogen) atoms. The Kier molecular flexibility index (Phi) is 2.26. The van der Waals surface area contributed by atoms with Gasteiger partial charge in [0.2, 0.25) is 0 Å². The van der Waals surface area contributed by atoms with Gasteiger partial charge in [-0.3, -0.25) is 4.57 Å². The summed E-state index contributed by atoms with van der Waals surface area (Å²) in [7, 11) is 0. The van der Waals surface area contributed by atoms with E-state index < -0.39 is 0 Å². The Bertz CT molecular complexity index is 580. The van der Waals surface area contributed by atoms with Crippen LogP contribution >= 0.6 is 11.6 Å². The van der Waals surface area contributed by atoms with Gasteiger partial charge in [0.25, 0.3) is 0 Å². The van der Waals surface area contributed by atoms with Gasteiger partial charge in [-0.25, -0.2) is 4.79 Å². The molecule has 1 unspecified atom stereocenters. The molecule has 1 aromatic heterocycles. The number of aromatic amines is 1. The van der Waals surface area contributed by atoms with Crippen LogP contribution in [0.25, 0.3) is 11.0 Å². The molecule has 1 aliphatic rings. The Morgan fingerprint density at radius 2 is 2.31 bits per heavy atom. The van der Waals surface area contributed by atoms with Crippen molar-refractivity contribution in [1.82, 2.24) is 14.9 Å². The fourth-order valence-electron chi connectivity index (χ4n) is 2.33. The molecule has 1 aromatic carbocycles. The smallest absolute Gasteiger partial charge is 0.315 e. The first kappa shape index (κ1) is 9.93. The molecule has 0 saturated carbocycles. The lowest BCUT2D eigenvalue weighted by atomic mass is 10.2. The molecule has 2 heterocycles. The normalized spacial score (nSPS) is 20.7. The molecule has 0 radical (unpaired) electrons. The SMILES string of the molecule is O=c1[nH]c2cc(Cl)ccc2n1C1CCNC1. The van der Waals surface area contributed by atoms with Gasteiger partial charge in [0.15, 0.2) is 0 Å². The van der Waals surface area contributed by atoms with Crippen molar-refractivity contribution < 1.29 is 0 Å². The fraction of sp³-hybridized carbons (Fsp3) is 0.364. The predicted molar refractivity (Wildman–Crippen MR) is 64.1 cm³/mol. The number of imidazole rings is 1. The quantitative estimate of drug-likeness (QED) is 0.790. The number of aromatic nitrogens is 2. The molecule has 2 N–H and O–H groups in total. The van der Waals surface area contributed by atoms with Gasteiger partial charge in [0, 0.05) is 11.6 Å². The van der Waals surface area contributed by atoms with E-state index in [4.69, 9.17) is 11.6 Å². The van der Waals surface area contributed by atoms with E-state index in [0.717, 1.165) is 30.5 Å². The van der Waals surface area contributed by atoms with E-state index in [1.165, 1.54) is 0 Å². The molecule has 3 rings (SSSR count). The van der Waals surface area contributed by atoms with Crippen molar-refractivity contribution in [3.05, 3.63) is 33.7 Å². The fourth-order valence-corrected chi connectivity index (χ4v) is 2.50. The highest BCUT2D eigenvalue weighted by Gasteiger charge is 2.20. The standard InChI is InChI=1S/C11H12ClN3O/c12-7-1-2-10-9(5-7)14-11(16)15(10)8-3-4-13-6-8/h1-2,5,8,13H,3-4,6H2,(H,14,16). The van der Waals surface area contributed by atoms with E-state index >= 15 is 0 Å². The lowest BCUT2D eigenvalue weighted by Gasteiger charge is -2.10. The van der Waals surface area contributed by atoms with Crippen LogP contribution in [-0.4, -0.2) is 22.6 Å². The zero-order valence-electron chi connectivity index (χ0n) is 8.66. The maximum atomic E-state index is 11.9. The highest BCUT2D eigenvalue weighted by atomic mass is 35.5. The molecule has 1 fully saturated rings. The molecule has 1 atom stereocenters. The number of H-pyrrole nitrogens is 1. The minimum absolute atomic E-state index is 0.0500. The van der Waals surface area contributed by atoms with Crippen molar-refractivity contribution in [2.75, 3.05) is 13.1 Å². The van der Waals surface area contributed by atoms with Crippen molar-refractivity contribution in [2.45, 2.75) is 12.5 Å². The summed E-state index contributed by atoms with van der Waals surface area (Å²) < 4.78 is 1.83. The van der Waals surface area contributed by atoms with Crippen LogP contribution in [0.1, 0.15) is 12.5 Å². The van der Waals surface area contributed by atoms with Gasteiger partial charge >= 0.3 is 5.69 Å². The van der Waals surface area contributed by atoms with Gasteiger partial charge in [-0.15, -0.1) is 0 Å². The third kappa shape index (κ3) is 1.45. The van der Waals surface area contributed by atoms with Crippen molar-refractivity contribution in [2.24, 2.45) is 0 Å². The Morgan fingerprint density at radius 3 is 3.06 bits per heavy atom. The maximum Gasteiger partial charge on any atom is 0.326 e. The van der Waals surface area contributed by atoms with E-state index in [1.54, 1.807) is 6.07 Å². The number of nitrogens with zero attached hydrogens (tertiary/aromatic N) is 1. The summed E-state index contributed by atoms with van der Waals surface area (Å²) in [6.07, 6.45) is 0.996. The van der Waals surface area contributed by atoms with Crippen molar-refractivity contribution in [3.63, 3.8) is 0 Å². The minimum Gasteiger partial charge on any atom is -0.315 e. The monoisotopic (exact) mass is 237 g/mol. The summed E-state index contributed by atoms with van der Waals surface area (Å²) in [6.45, 7) is 1.83. The number of hydrogen-bond acceptors (Lipinski definition) is 2. The summed E-state index contributed by atoms with van der Waals surface area (Å²) in [5.74, 6) is 0. The summed E-state index contributed by atoms with van der Waals surface area (Å²) >= 11 is 5.90. The Morgan fingerprint density at radius 1 is 1.44 bits per heavy atom. The molecule has 0 bridgehead atoms. The average Bonchev–Trinajstić information content (AvgIpc) is 2.83. The van der Waals surface area contributed by atoms with Crippen LogP contribution in [0.4, 0.5) is 0 Å². The van der Waals surface area contributed by atoms with Gasteiger partial charge in [-0.1, -0.05) is 11.6 Å². The molecular formula is C11H12ClN3O. The number of benzene rings is 1. The van der Waals surface area contributed by atoms with Gasteiger partial charge in [0.1, 0.15) is 0 Å². The predicted octanol–water partition coefficient (Wildman–Crippen LogP) is 1.52.